The Bertz CT molecular complexity index is 1380. The lowest BCUT2D eigenvalue weighted by atomic mass is 9.95. The van der Waals surface area contributed by atoms with E-state index in [1.165, 1.54) is 11.1 Å². The van der Waals surface area contributed by atoms with Crippen molar-refractivity contribution in [2.24, 2.45) is 0 Å². The molecule has 0 atom stereocenters. The Hall–Kier alpha value is -3.09. The maximum Gasteiger partial charge on any atom is 0.295 e. The largest absolute Gasteiger partial charge is 0.444 e. The number of aromatic nitrogens is 3. The van der Waals surface area contributed by atoms with Gasteiger partial charge >= 0.3 is 0 Å². The van der Waals surface area contributed by atoms with Crippen molar-refractivity contribution < 1.29 is 4.42 Å². The SMILES string of the molecule is CCN1CCCc2c(-c3cc(C)cc(-c4cnco4)c3)nn(-c3c(Cl)cccc3Cl)c(=O)c21. The Morgan fingerprint density at radius 1 is 1.09 bits per heavy atom. The maximum atomic E-state index is 13.7. The second kappa shape index (κ2) is 8.69. The molecule has 0 radical (unpaired) electrons. The van der Waals surface area contributed by atoms with Gasteiger partial charge in [-0.3, -0.25) is 4.79 Å². The first-order chi connectivity index (χ1) is 16.0. The molecular formula is C25H22Cl2N4O2. The average molecular weight is 481 g/mol. The highest BCUT2D eigenvalue weighted by molar-refractivity contribution is 6.37. The molecule has 33 heavy (non-hydrogen) atoms. The van der Waals surface area contributed by atoms with Gasteiger partial charge in [-0.25, -0.2) is 4.98 Å². The zero-order chi connectivity index (χ0) is 23.1. The second-order valence-corrected chi connectivity index (χ2v) is 8.91. The molecule has 0 aliphatic carbocycles. The van der Waals surface area contributed by atoms with Gasteiger partial charge in [0, 0.05) is 29.8 Å². The van der Waals surface area contributed by atoms with Crippen LogP contribution in [0.15, 0.2) is 58.2 Å². The highest BCUT2D eigenvalue weighted by Gasteiger charge is 2.27. The number of para-hydroxylation sites is 1. The van der Waals surface area contributed by atoms with E-state index in [4.69, 9.17) is 32.7 Å². The summed E-state index contributed by atoms with van der Waals surface area (Å²) in [5.41, 5.74) is 5.36. The van der Waals surface area contributed by atoms with Gasteiger partial charge in [0.1, 0.15) is 11.4 Å². The van der Waals surface area contributed by atoms with E-state index in [-0.39, 0.29) is 5.56 Å². The van der Waals surface area contributed by atoms with Crippen molar-refractivity contribution in [3.05, 3.63) is 80.5 Å². The second-order valence-electron chi connectivity index (χ2n) is 8.10. The van der Waals surface area contributed by atoms with Crippen LogP contribution in [0.2, 0.25) is 10.0 Å². The Balaban J connectivity index is 1.83. The number of oxazole rings is 1. The molecule has 0 saturated carbocycles. The lowest BCUT2D eigenvalue weighted by molar-refractivity contribution is 0.572. The third-order valence-corrected chi connectivity index (χ3v) is 6.55. The Labute approximate surface area is 201 Å². The fraction of sp³-hybridized carbons (Fsp3) is 0.240. The molecule has 0 unspecified atom stereocenters. The van der Waals surface area contributed by atoms with E-state index in [1.807, 2.05) is 19.1 Å². The van der Waals surface area contributed by atoms with Crippen LogP contribution in [0.3, 0.4) is 0 Å². The standard InChI is InChI=1S/C25H22Cl2N4O2/c1-3-30-9-5-6-18-22(17-11-15(2)10-16(12-17)21-13-28-14-33-21)29-31(25(32)23(18)30)24-19(26)7-4-8-20(24)27/h4,7-8,10-14H,3,5-6,9H2,1-2H3. The van der Waals surface area contributed by atoms with E-state index in [9.17, 15) is 4.79 Å². The third kappa shape index (κ3) is 3.83. The summed E-state index contributed by atoms with van der Waals surface area (Å²) in [4.78, 5) is 19.9. The van der Waals surface area contributed by atoms with Crippen LogP contribution in [0.25, 0.3) is 28.3 Å². The summed E-state index contributed by atoms with van der Waals surface area (Å²) in [6.07, 6.45) is 4.82. The molecule has 0 bridgehead atoms. The van der Waals surface area contributed by atoms with Crippen LogP contribution in [0, 0.1) is 6.92 Å². The van der Waals surface area contributed by atoms with Crippen LogP contribution in [-0.2, 0) is 6.42 Å². The minimum Gasteiger partial charge on any atom is -0.444 e. The predicted molar refractivity (Wildman–Crippen MR) is 132 cm³/mol. The summed E-state index contributed by atoms with van der Waals surface area (Å²) in [6.45, 7) is 5.61. The fourth-order valence-electron chi connectivity index (χ4n) is 4.48. The van der Waals surface area contributed by atoms with E-state index in [1.54, 1.807) is 24.4 Å². The minimum absolute atomic E-state index is 0.214. The number of anilines is 1. The molecule has 0 N–H and O–H groups in total. The molecule has 0 amide bonds. The normalized spacial score (nSPS) is 13.3. The first kappa shape index (κ1) is 21.7. The quantitative estimate of drug-likeness (QED) is 0.361. The number of hydrogen-bond acceptors (Lipinski definition) is 5. The molecule has 1 aliphatic rings. The van der Waals surface area contributed by atoms with E-state index in [2.05, 4.69) is 22.9 Å². The van der Waals surface area contributed by atoms with Crippen molar-refractivity contribution in [1.29, 1.82) is 0 Å². The van der Waals surface area contributed by atoms with Gasteiger partial charge < -0.3 is 9.32 Å². The van der Waals surface area contributed by atoms with Crippen LogP contribution >= 0.6 is 23.2 Å². The van der Waals surface area contributed by atoms with Gasteiger partial charge in [-0.05, 0) is 62.6 Å². The lowest BCUT2D eigenvalue weighted by Gasteiger charge is -2.31. The van der Waals surface area contributed by atoms with Gasteiger partial charge in [0.15, 0.2) is 12.2 Å². The predicted octanol–water partition coefficient (Wildman–Crippen LogP) is 5.94. The molecule has 0 saturated heterocycles. The molecule has 5 rings (SSSR count). The van der Waals surface area contributed by atoms with Crippen molar-refractivity contribution in [2.45, 2.75) is 26.7 Å². The Morgan fingerprint density at radius 3 is 2.55 bits per heavy atom. The zero-order valence-corrected chi connectivity index (χ0v) is 19.8. The summed E-state index contributed by atoms with van der Waals surface area (Å²) in [6, 6.07) is 11.3. The zero-order valence-electron chi connectivity index (χ0n) is 18.3. The van der Waals surface area contributed by atoms with Gasteiger partial charge in [0.2, 0.25) is 0 Å². The summed E-state index contributed by atoms with van der Waals surface area (Å²) in [5.74, 6) is 0.673. The molecule has 8 heteroatoms. The van der Waals surface area contributed by atoms with E-state index >= 15 is 0 Å². The van der Waals surface area contributed by atoms with Crippen LogP contribution in [0.5, 0.6) is 0 Å². The van der Waals surface area contributed by atoms with Gasteiger partial charge in [-0.15, -0.1) is 0 Å². The van der Waals surface area contributed by atoms with Crippen molar-refractivity contribution >= 4 is 28.9 Å². The first-order valence-electron chi connectivity index (χ1n) is 10.8. The van der Waals surface area contributed by atoms with Crippen LogP contribution in [0.1, 0.15) is 24.5 Å². The minimum atomic E-state index is -0.214. The Morgan fingerprint density at radius 2 is 1.85 bits per heavy atom. The summed E-state index contributed by atoms with van der Waals surface area (Å²) < 4.78 is 6.88. The molecule has 1 aliphatic heterocycles. The van der Waals surface area contributed by atoms with Crippen LogP contribution in [0.4, 0.5) is 5.69 Å². The number of benzene rings is 2. The Kier molecular flexibility index (Phi) is 5.72. The number of fused-ring (bicyclic) bond motifs is 1. The van der Waals surface area contributed by atoms with Gasteiger partial charge in [0.05, 0.1) is 21.9 Å². The number of nitrogens with zero attached hydrogens (tertiary/aromatic N) is 4. The number of aryl methyl sites for hydroxylation is 1. The van der Waals surface area contributed by atoms with Gasteiger partial charge in [0.25, 0.3) is 5.56 Å². The van der Waals surface area contributed by atoms with E-state index in [0.717, 1.165) is 53.9 Å². The maximum absolute atomic E-state index is 13.7. The molecule has 6 nitrogen and oxygen atoms in total. The van der Waals surface area contributed by atoms with Crippen LogP contribution in [-0.4, -0.2) is 27.9 Å². The van der Waals surface area contributed by atoms with Gasteiger partial charge in [-0.1, -0.05) is 29.3 Å². The summed E-state index contributed by atoms with van der Waals surface area (Å²) >= 11 is 13.0. The highest BCUT2D eigenvalue weighted by atomic mass is 35.5. The number of halogens is 2. The molecule has 168 valence electrons. The molecule has 0 spiro atoms. The van der Waals surface area contributed by atoms with Crippen molar-refractivity contribution in [3.63, 3.8) is 0 Å². The molecule has 0 fully saturated rings. The highest BCUT2D eigenvalue weighted by Crippen LogP contribution is 2.36. The van der Waals surface area contributed by atoms with E-state index in [0.29, 0.717) is 27.2 Å². The van der Waals surface area contributed by atoms with E-state index < -0.39 is 0 Å². The lowest BCUT2D eigenvalue weighted by Crippen LogP contribution is -2.38. The molecular weight excluding hydrogens is 459 g/mol. The number of rotatable bonds is 4. The average Bonchev–Trinajstić information content (AvgIpc) is 3.34. The smallest absolute Gasteiger partial charge is 0.295 e. The summed E-state index contributed by atoms with van der Waals surface area (Å²) in [5, 5.41) is 5.58. The molecule has 3 heterocycles. The summed E-state index contributed by atoms with van der Waals surface area (Å²) in [7, 11) is 0. The van der Waals surface area contributed by atoms with Gasteiger partial charge in [-0.2, -0.15) is 9.78 Å². The number of hydrogen-bond donors (Lipinski definition) is 0. The molecule has 4 aromatic rings. The molecule has 2 aromatic carbocycles. The van der Waals surface area contributed by atoms with Crippen LogP contribution < -0.4 is 10.5 Å². The van der Waals surface area contributed by atoms with Crippen molar-refractivity contribution in [3.8, 4) is 28.3 Å². The molecule has 2 aromatic heterocycles. The first-order valence-corrected chi connectivity index (χ1v) is 11.6. The van der Waals surface area contributed by atoms with Crippen molar-refractivity contribution in [2.75, 3.05) is 18.0 Å². The fourth-order valence-corrected chi connectivity index (χ4v) is 5.04. The monoisotopic (exact) mass is 480 g/mol. The third-order valence-electron chi connectivity index (χ3n) is 5.94. The van der Waals surface area contributed by atoms with Crippen molar-refractivity contribution in [1.82, 2.24) is 14.8 Å². The topological polar surface area (TPSA) is 64.2 Å².